The first kappa shape index (κ1) is 18.7. The fraction of sp³-hybridized carbons (Fsp3) is 0.944. The molecule has 2 heterocycles. The average molecular weight is 326 g/mol. The number of carbonyl (C=O) groups is 1. The van der Waals surface area contributed by atoms with Gasteiger partial charge in [-0.3, -0.25) is 9.69 Å². The number of hydrogen-bond donors (Lipinski definition) is 1. The molecule has 2 rings (SSSR count). The molecule has 2 aliphatic heterocycles. The molecule has 2 aliphatic rings. The fourth-order valence-corrected chi connectivity index (χ4v) is 3.63. The predicted molar refractivity (Wildman–Crippen MR) is 91.6 cm³/mol. The number of carbonyl (C=O) groups excluding carboxylic acids is 1. The fourth-order valence-electron chi connectivity index (χ4n) is 3.63. The standard InChI is InChI=1S/C18H34N2O3/c1-2-3-4-5-6-7-17(21)19-16-18(8-12-22-13-9-18)20-10-14-23-15-11-20/h2-16H2,1H3,(H,19,21). The lowest BCUT2D eigenvalue weighted by molar-refractivity contribution is -0.123. The van der Waals surface area contributed by atoms with E-state index in [1.54, 1.807) is 0 Å². The van der Waals surface area contributed by atoms with Crippen LogP contribution >= 0.6 is 0 Å². The maximum atomic E-state index is 12.2. The van der Waals surface area contributed by atoms with E-state index in [0.717, 1.165) is 65.3 Å². The molecule has 0 aromatic rings. The van der Waals surface area contributed by atoms with Crippen LogP contribution in [0.15, 0.2) is 0 Å². The van der Waals surface area contributed by atoms with Crippen molar-refractivity contribution < 1.29 is 14.3 Å². The Labute approximate surface area is 141 Å². The Morgan fingerprint density at radius 1 is 1.00 bits per heavy atom. The summed E-state index contributed by atoms with van der Waals surface area (Å²) in [6.45, 7) is 8.09. The predicted octanol–water partition coefficient (Wildman–Crippen LogP) is 2.34. The summed E-state index contributed by atoms with van der Waals surface area (Å²) in [5.74, 6) is 0.209. The van der Waals surface area contributed by atoms with Crippen LogP contribution in [0.4, 0.5) is 0 Å². The van der Waals surface area contributed by atoms with Crippen molar-refractivity contribution in [2.45, 2.75) is 63.8 Å². The highest BCUT2D eigenvalue weighted by Crippen LogP contribution is 2.28. The minimum absolute atomic E-state index is 0.0693. The third-order valence-electron chi connectivity index (χ3n) is 5.23. The Kier molecular flexibility index (Phi) is 8.34. The molecule has 0 saturated carbocycles. The molecule has 0 aromatic carbocycles. The minimum atomic E-state index is 0.0693. The molecule has 0 aliphatic carbocycles. The highest BCUT2D eigenvalue weighted by atomic mass is 16.5. The van der Waals surface area contributed by atoms with Crippen LogP contribution in [0, 0.1) is 0 Å². The molecule has 2 saturated heterocycles. The maximum absolute atomic E-state index is 12.2. The molecule has 0 unspecified atom stereocenters. The third kappa shape index (κ3) is 6.05. The van der Waals surface area contributed by atoms with E-state index < -0.39 is 0 Å². The maximum Gasteiger partial charge on any atom is 0.220 e. The van der Waals surface area contributed by atoms with E-state index >= 15 is 0 Å². The molecule has 0 aromatic heterocycles. The quantitative estimate of drug-likeness (QED) is 0.661. The van der Waals surface area contributed by atoms with E-state index in [1.165, 1.54) is 25.7 Å². The van der Waals surface area contributed by atoms with Gasteiger partial charge in [0.05, 0.1) is 13.2 Å². The van der Waals surface area contributed by atoms with E-state index in [4.69, 9.17) is 9.47 Å². The number of ether oxygens (including phenoxy) is 2. The Morgan fingerprint density at radius 3 is 2.35 bits per heavy atom. The first-order valence-corrected chi connectivity index (χ1v) is 9.44. The van der Waals surface area contributed by atoms with E-state index in [1.807, 2.05) is 0 Å². The third-order valence-corrected chi connectivity index (χ3v) is 5.23. The molecule has 1 N–H and O–H groups in total. The zero-order chi connectivity index (χ0) is 16.4. The molecule has 23 heavy (non-hydrogen) atoms. The van der Waals surface area contributed by atoms with E-state index in [9.17, 15) is 4.79 Å². The zero-order valence-corrected chi connectivity index (χ0v) is 14.8. The van der Waals surface area contributed by atoms with Crippen molar-refractivity contribution in [3.63, 3.8) is 0 Å². The summed E-state index contributed by atoms with van der Waals surface area (Å²) in [6.07, 6.45) is 8.63. The summed E-state index contributed by atoms with van der Waals surface area (Å²) in [5, 5.41) is 3.20. The van der Waals surface area contributed by atoms with Gasteiger partial charge in [0.1, 0.15) is 0 Å². The van der Waals surface area contributed by atoms with Gasteiger partial charge in [-0.15, -0.1) is 0 Å². The SMILES string of the molecule is CCCCCCCC(=O)NCC1(N2CCOCC2)CCOCC1. The van der Waals surface area contributed by atoms with Gasteiger partial charge in [-0.2, -0.15) is 0 Å². The summed E-state index contributed by atoms with van der Waals surface area (Å²) in [6, 6.07) is 0. The number of nitrogens with one attached hydrogen (secondary N) is 1. The van der Waals surface area contributed by atoms with Crippen LogP contribution < -0.4 is 5.32 Å². The van der Waals surface area contributed by atoms with Crippen molar-refractivity contribution in [3.8, 4) is 0 Å². The molecule has 0 radical (unpaired) electrons. The average Bonchev–Trinajstić information content (AvgIpc) is 2.61. The Morgan fingerprint density at radius 2 is 1.65 bits per heavy atom. The smallest absolute Gasteiger partial charge is 0.220 e. The second-order valence-electron chi connectivity index (χ2n) is 6.88. The monoisotopic (exact) mass is 326 g/mol. The number of hydrogen-bond acceptors (Lipinski definition) is 4. The van der Waals surface area contributed by atoms with Gasteiger partial charge in [0.25, 0.3) is 0 Å². The topological polar surface area (TPSA) is 50.8 Å². The number of amides is 1. The van der Waals surface area contributed by atoms with Crippen molar-refractivity contribution in [1.29, 1.82) is 0 Å². The minimum Gasteiger partial charge on any atom is -0.381 e. The highest BCUT2D eigenvalue weighted by Gasteiger charge is 2.39. The first-order valence-electron chi connectivity index (χ1n) is 9.44. The van der Waals surface area contributed by atoms with Crippen LogP contribution in [-0.2, 0) is 14.3 Å². The van der Waals surface area contributed by atoms with Gasteiger partial charge in [-0.1, -0.05) is 32.6 Å². The van der Waals surface area contributed by atoms with Crippen molar-refractivity contribution in [2.24, 2.45) is 0 Å². The molecule has 134 valence electrons. The normalized spacial score (nSPS) is 22.0. The highest BCUT2D eigenvalue weighted by molar-refractivity contribution is 5.75. The van der Waals surface area contributed by atoms with Crippen molar-refractivity contribution in [1.82, 2.24) is 10.2 Å². The van der Waals surface area contributed by atoms with Gasteiger partial charge < -0.3 is 14.8 Å². The lowest BCUT2D eigenvalue weighted by atomic mass is 9.87. The lowest BCUT2D eigenvalue weighted by Crippen LogP contribution is -2.61. The summed E-state index contributed by atoms with van der Waals surface area (Å²) in [5.41, 5.74) is 0.0693. The van der Waals surface area contributed by atoms with Crippen LogP contribution in [0.2, 0.25) is 0 Å². The number of rotatable bonds is 9. The van der Waals surface area contributed by atoms with Gasteiger partial charge in [-0.05, 0) is 19.3 Å². The van der Waals surface area contributed by atoms with Gasteiger partial charge in [0.2, 0.25) is 5.91 Å². The van der Waals surface area contributed by atoms with Crippen LogP contribution in [0.5, 0.6) is 0 Å². The van der Waals surface area contributed by atoms with Crippen LogP contribution in [0.25, 0.3) is 0 Å². The van der Waals surface area contributed by atoms with E-state index in [2.05, 4.69) is 17.1 Å². The molecule has 0 spiro atoms. The van der Waals surface area contributed by atoms with Crippen LogP contribution in [0.3, 0.4) is 0 Å². The molecule has 0 bridgehead atoms. The molecule has 5 heteroatoms. The molecular formula is C18H34N2O3. The van der Waals surface area contributed by atoms with Crippen molar-refractivity contribution in [3.05, 3.63) is 0 Å². The van der Waals surface area contributed by atoms with Gasteiger partial charge >= 0.3 is 0 Å². The molecule has 1 amide bonds. The molecule has 5 nitrogen and oxygen atoms in total. The van der Waals surface area contributed by atoms with Gasteiger partial charge in [0.15, 0.2) is 0 Å². The van der Waals surface area contributed by atoms with Crippen molar-refractivity contribution >= 4 is 5.91 Å². The summed E-state index contributed by atoms with van der Waals surface area (Å²) < 4.78 is 11.0. The summed E-state index contributed by atoms with van der Waals surface area (Å²) in [4.78, 5) is 14.7. The largest absolute Gasteiger partial charge is 0.381 e. The Hall–Kier alpha value is -0.650. The van der Waals surface area contributed by atoms with Crippen molar-refractivity contribution in [2.75, 3.05) is 46.1 Å². The summed E-state index contributed by atoms with van der Waals surface area (Å²) >= 11 is 0. The Balaban J connectivity index is 1.75. The zero-order valence-electron chi connectivity index (χ0n) is 14.8. The first-order chi connectivity index (χ1) is 11.3. The van der Waals surface area contributed by atoms with E-state index in [-0.39, 0.29) is 11.4 Å². The van der Waals surface area contributed by atoms with Gasteiger partial charge in [-0.25, -0.2) is 0 Å². The van der Waals surface area contributed by atoms with Crippen LogP contribution in [-0.4, -0.2) is 62.4 Å². The summed E-state index contributed by atoms with van der Waals surface area (Å²) in [7, 11) is 0. The second kappa shape index (κ2) is 10.3. The van der Waals surface area contributed by atoms with Gasteiger partial charge in [0, 0.05) is 44.8 Å². The lowest BCUT2D eigenvalue weighted by Gasteiger charge is -2.47. The second-order valence-corrected chi connectivity index (χ2v) is 6.88. The number of nitrogens with zero attached hydrogens (tertiary/aromatic N) is 1. The molecule has 2 fully saturated rings. The number of unbranched alkanes of at least 4 members (excludes halogenated alkanes) is 4. The van der Waals surface area contributed by atoms with E-state index in [0.29, 0.717) is 6.42 Å². The molecular weight excluding hydrogens is 292 g/mol. The molecule has 0 atom stereocenters. The van der Waals surface area contributed by atoms with Crippen LogP contribution in [0.1, 0.15) is 58.3 Å². The Bertz CT molecular complexity index is 337. The number of morpholine rings is 1.